The number of primary sulfonamides is 1. The van der Waals surface area contributed by atoms with Crippen molar-refractivity contribution in [3.8, 4) is 5.69 Å². The summed E-state index contributed by atoms with van der Waals surface area (Å²) in [6.45, 7) is 2.23. The van der Waals surface area contributed by atoms with Crippen molar-refractivity contribution < 1.29 is 13.2 Å². The number of nitrogens with one attached hydrogen (secondary N) is 1. The minimum atomic E-state index is -3.75. The van der Waals surface area contributed by atoms with Gasteiger partial charge in [-0.15, -0.1) is 0 Å². The molecule has 0 aliphatic rings. The fourth-order valence-corrected chi connectivity index (χ4v) is 3.01. The molecule has 0 unspecified atom stereocenters. The molecule has 0 radical (unpaired) electrons. The molecule has 8 heteroatoms. The summed E-state index contributed by atoms with van der Waals surface area (Å²) < 4.78 is 24.2. The van der Waals surface area contributed by atoms with Crippen LogP contribution >= 0.6 is 0 Å². The Hall–Kier alpha value is -2.97. The monoisotopic (exact) mass is 370 g/mol. The lowest BCUT2D eigenvalue weighted by Gasteiger charge is -2.05. The molecule has 0 saturated carbocycles. The maximum absolute atomic E-state index is 12.3. The SMILES string of the molecule is Cc1cc(C(=O)NCc2ccccc2)nn1-c1ccc(S(N)(=O)=O)cc1. The third-order valence-electron chi connectivity index (χ3n) is 3.83. The summed E-state index contributed by atoms with van der Waals surface area (Å²) in [4.78, 5) is 12.3. The number of hydrogen-bond donors (Lipinski definition) is 2. The average Bonchev–Trinajstić information content (AvgIpc) is 3.02. The summed E-state index contributed by atoms with van der Waals surface area (Å²) in [7, 11) is -3.75. The van der Waals surface area contributed by atoms with Crippen LogP contribution in [-0.4, -0.2) is 24.1 Å². The Labute approximate surface area is 151 Å². The molecule has 134 valence electrons. The van der Waals surface area contributed by atoms with E-state index < -0.39 is 10.0 Å². The number of rotatable bonds is 5. The van der Waals surface area contributed by atoms with E-state index in [1.807, 2.05) is 37.3 Å². The van der Waals surface area contributed by atoms with E-state index in [0.29, 0.717) is 12.2 Å². The first-order chi connectivity index (χ1) is 12.3. The van der Waals surface area contributed by atoms with Crippen LogP contribution in [0.15, 0.2) is 65.6 Å². The van der Waals surface area contributed by atoms with Crippen LogP contribution in [0.1, 0.15) is 21.7 Å². The van der Waals surface area contributed by atoms with E-state index in [0.717, 1.165) is 11.3 Å². The van der Waals surface area contributed by atoms with Crippen molar-refractivity contribution in [1.29, 1.82) is 0 Å². The number of carbonyl (C=O) groups excluding carboxylic acids is 1. The predicted molar refractivity (Wildman–Crippen MR) is 97.3 cm³/mol. The molecule has 0 aliphatic heterocycles. The molecule has 2 aromatic carbocycles. The maximum Gasteiger partial charge on any atom is 0.272 e. The van der Waals surface area contributed by atoms with Gasteiger partial charge in [0.1, 0.15) is 0 Å². The summed E-state index contributed by atoms with van der Waals surface area (Å²) in [6, 6.07) is 17.2. The second-order valence-electron chi connectivity index (χ2n) is 5.79. The molecular formula is C18H18N4O3S. The fraction of sp³-hybridized carbons (Fsp3) is 0.111. The molecule has 0 bridgehead atoms. The fourth-order valence-electron chi connectivity index (χ4n) is 2.49. The van der Waals surface area contributed by atoms with Gasteiger partial charge in [0.25, 0.3) is 5.91 Å². The zero-order chi connectivity index (χ0) is 18.7. The summed E-state index contributed by atoms with van der Waals surface area (Å²) in [5, 5.41) is 12.2. The van der Waals surface area contributed by atoms with E-state index >= 15 is 0 Å². The van der Waals surface area contributed by atoms with Crippen molar-refractivity contribution in [2.45, 2.75) is 18.4 Å². The number of aryl methyl sites for hydroxylation is 1. The number of amides is 1. The van der Waals surface area contributed by atoms with E-state index in [-0.39, 0.29) is 16.5 Å². The van der Waals surface area contributed by atoms with Crippen LogP contribution in [0, 0.1) is 6.92 Å². The van der Waals surface area contributed by atoms with E-state index in [9.17, 15) is 13.2 Å². The Morgan fingerprint density at radius 1 is 1.12 bits per heavy atom. The minimum Gasteiger partial charge on any atom is -0.347 e. The quantitative estimate of drug-likeness (QED) is 0.713. The number of benzene rings is 2. The van der Waals surface area contributed by atoms with Gasteiger partial charge in [0.15, 0.2) is 5.69 Å². The molecule has 3 rings (SSSR count). The molecule has 7 nitrogen and oxygen atoms in total. The van der Waals surface area contributed by atoms with Crippen molar-refractivity contribution in [3.63, 3.8) is 0 Å². The highest BCUT2D eigenvalue weighted by atomic mass is 32.2. The first-order valence-corrected chi connectivity index (χ1v) is 9.41. The molecule has 0 aliphatic carbocycles. The Morgan fingerprint density at radius 3 is 2.38 bits per heavy atom. The van der Waals surface area contributed by atoms with Crippen molar-refractivity contribution in [2.75, 3.05) is 0 Å². The Kier molecular flexibility index (Phi) is 4.88. The molecule has 0 fully saturated rings. The van der Waals surface area contributed by atoms with Gasteiger partial charge < -0.3 is 5.32 Å². The number of sulfonamides is 1. The van der Waals surface area contributed by atoms with Crippen LogP contribution in [0.4, 0.5) is 0 Å². The van der Waals surface area contributed by atoms with Gasteiger partial charge in [0.2, 0.25) is 10.0 Å². The van der Waals surface area contributed by atoms with Crippen LogP contribution in [-0.2, 0) is 16.6 Å². The molecule has 3 N–H and O–H groups in total. The first-order valence-electron chi connectivity index (χ1n) is 7.86. The van der Waals surface area contributed by atoms with Gasteiger partial charge in [-0.2, -0.15) is 5.10 Å². The third kappa shape index (κ3) is 3.98. The van der Waals surface area contributed by atoms with Crippen LogP contribution in [0.25, 0.3) is 5.69 Å². The van der Waals surface area contributed by atoms with Crippen molar-refractivity contribution in [2.24, 2.45) is 5.14 Å². The smallest absolute Gasteiger partial charge is 0.272 e. The average molecular weight is 370 g/mol. The lowest BCUT2D eigenvalue weighted by atomic mass is 10.2. The highest BCUT2D eigenvalue weighted by molar-refractivity contribution is 7.89. The number of hydrogen-bond acceptors (Lipinski definition) is 4. The molecular weight excluding hydrogens is 352 g/mol. The normalized spacial score (nSPS) is 11.3. The minimum absolute atomic E-state index is 0.0203. The lowest BCUT2D eigenvalue weighted by molar-refractivity contribution is 0.0945. The predicted octanol–water partition coefficient (Wildman–Crippen LogP) is 1.76. The lowest BCUT2D eigenvalue weighted by Crippen LogP contribution is -2.23. The van der Waals surface area contributed by atoms with Gasteiger partial charge in [-0.25, -0.2) is 18.2 Å². The number of nitrogens with two attached hydrogens (primary N) is 1. The van der Waals surface area contributed by atoms with Gasteiger partial charge >= 0.3 is 0 Å². The highest BCUT2D eigenvalue weighted by Crippen LogP contribution is 2.15. The third-order valence-corrected chi connectivity index (χ3v) is 4.76. The van der Waals surface area contributed by atoms with Crippen LogP contribution in [0.5, 0.6) is 0 Å². The summed E-state index contributed by atoms with van der Waals surface area (Å²) in [6.07, 6.45) is 0. The molecule has 1 heterocycles. The highest BCUT2D eigenvalue weighted by Gasteiger charge is 2.14. The molecule has 0 spiro atoms. The van der Waals surface area contributed by atoms with E-state index in [2.05, 4.69) is 10.4 Å². The maximum atomic E-state index is 12.3. The molecule has 1 amide bonds. The second-order valence-corrected chi connectivity index (χ2v) is 7.35. The zero-order valence-electron chi connectivity index (χ0n) is 14.1. The van der Waals surface area contributed by atoms with Crippen LogP contribution < -0.4 is 10.5 Å². The van der Waals surface area contributed by atoms with Gasteiger partial charge in [-0.3, -0.25) is 4.79 Å². The molecule has 3 aromatic rings. The van der Waals surface area contributed by atoms with Crippen LogP contribution in [0.2, 0.25) is 0 Å². The van der Waals surface area contributed by atoms with Crippen molar-refractivity contribution in [1.82, 2.24) is 15.1 Å². The van der Waals surface area contributed by atoms with E-state index in [1.54, 1.807) is 22.9 Å². The Bertz CT molecular complexity index is 1030. The van der Waals surface area contributed by atoms with Gasteiger partial charge in [0, 0.05) is 12.2 Å². The number of aromatic nitrogens is 2. The number of carbonyl (C=O) groups is 1. The van der Waals surface area contributed by atoms with Gasteiger partial charge in [-0.05, 0) is 42.8 Å². The zero-order valence-corrected chi connectivity index (χ0v) is 14.9. The molecule has 0 saturated heterocycles. The van der Waals surface area contributed by atoms with Crippen LogP contribution in [0.3, 0.4) is 0 Å². The topological polar surface area (TPSA) is 107 Å². The summed E-state index contributed by atoms with van der Waals surface area (Å²) in [5.74, 6) is -0.281. The second kappa shape index (κ2) is 7.11. The summed E-state index contributed by atoms with van der Waals surface area (Å²) >= 11 is 0. The van der Waals surface area contributed by atoms with E-state index in [4.69, 9.17) is 5.14 Å². The summed E-state index contributed by atoms with van der Waals surface area (Å²) in [5.41, 5.74) is 2.67. The van der Waals surface area contributed by atoms with Gasteiger partial charge in [-0.1, -0.05) is 30.3 Å². The first kappa shape index (κ1) is 17.8. The van der Waals surface area contributed by atoms with Gasteiger partial charge in [0.05, 0.1) is 10.6 Å². The molecule has 1 aromatic heterocycles. The largest absolute Gasteiger partial charge is 0.347 e. The number of nitrogens with zero attached hydrogens (tertiary/aromatic N) is 2. The molecule has 26 heavy (non-hydrogen) atoms. The van der Waals surface area contributed by atoms with Crippen molar-refractivity contribution >= 4 is 15.9 Å². The molecule has 0 atom stereocenters. The Morgan fingerprint density at radius 2 is 1.77 bits per heavy atom. The van der Waals surface area contributed by atoms with Crippen molar-refractivity contribution in [3.05, 3.63) is 77.6 Å². The Balaban J connectivity index is 1.77. The standard InChI is InChI=1S/C18H18N4O3S/c1-13-11-17(18(23)20-12-14-5-3-2-4-6-14)21-22(13)15-7-9-16(10-8-15)26(19,24)25/h2-11H,12H2,1H3,(H,20,23)(H2,19,24,25). The van der Waals surface area contributed by atoms with E-state index in [1.165, 1.54) is 12.1 Å².